The van der Waals surface area contributed by atoms with Crippen LogP contribution in [-0.2, 0) is 14.3 Å². The predicted molar refractivity (Wildman–Crippen MR) is 136 cm³/mol. The van der Waals surface area contributed by atoms with Crippen molar-refractivity contribution in [2.24, 2.45) is 0 Å². The van der Waals surface area contributed by atoms with E-state index in [2.05, 4.69) is 6.07 Å². The van der Waals surface area contributed by atoms with Crippen LogP contribution >= 0.6 is 24.0 Å². The Bertz CT molecular complexity index is 1140. The van der Waals surface area contributed by atoms with E-state index in [9.17, 15) is 14.4 Å². The van der Waals surface area contributed by atoms with Gasteiger partial charge in [-0.1, -0.05) is 54.3 Å². The summed E-state index contributed by atoms with van der Waals surface area (Å²) in [5.74, 6) is -0.733. The van der Waals surface area contributed by atoms with Crippen molar-refractivity contribution >= 4 is 57.8 Å². The fourth-order valence-corrected chi connectivity index (χ4v) is 4.68. The highest BCUT2D eigenvalue weighted by atomic mass is 32.2. The van der Waals surface area contributed by atoms with Crippen molar-refractivity contribution in [2.45, 2.75) is 19.3 Å². The van der Waals surface area contributed by atoms with Crippen LogP contribution in [0.4, 0.5) is 5.69 Å². The number of rotatable bonds is 9. The SMILES string of the molecule is COC(=O)c1ccc(/C=C2\SC(=S)N(CCCC(=O)N(CCC#N)c3ccccc3)C2=O)cc1. The van der Waals surface area contributed by atoms with Gasteiger partial charge in [0, 0.05) is 25.2 Å². The molecule has 1 aliphatic heterocycles. The van der Waals surface area contributed by atoms with Crippen molar-refractivity contribution in [1.29, 1.82) is 5.26 Å². The summed E-state index contributed by atoms with van der Waals surface area (Å²) in [5.41, 5.74) is 1.94. The molecule has 2 aromatic carbocycles. The molecule has 1 heterocycles. The third-order valence-electron chi connectivity index (χ3n) is 5.09. The molecule has 0 saturated carbocycles. The number of nitriles is 1. The van der Waals surface area contributed by atoms with E-state index >= 15 is 0 Å². The number of esters is 1. The van der Waals surface area contributed by atoms with Crippen molar-refractivity contribution in [3.8, 4) is 6.07 Å². The van der Waals surface area contributed by atoms with Crippen molar-refractivity contribution in [3.63, 3.8) is 0 Å². The minimum atomic E-state index is -0.425. The molecule has 0 aliphatic carbocycles. The van der Waals surface area contributed by atoms with Gasteiger partial charge in [0.25, 0.3) is 5.91 Å². The fraction of sp³-hybridized carbons (Fsp3) is 0.240. The molecule has 0 N–H and O–H groups in total. The molecule has 0 radical (unpaired) electrons. The van der Waals surface area contributed by atoms with E-state index in [0.29, 0.717) is 34.3 Å². The van der Waals surface area contributed by atoms with Crippen molar-refractivity contribution < 1.29 is 19.1 Å². The maximum atomic E-state index is 12.9. The van der Waals surface area contributed by atoms with E-state index in [4.69, 9.17) is 22.2 Å². The van der Waals surface area contributed by atoms with Crippen LogP contribution in [0.5, 0.6) is 0 Å². The van der Waals surface area contributed by atoms with Gasteiger partial charge in [0.1, 0.15) is 4.32 Å². The summed E-state index contributed by atoms with van der Waals surface area (Å²) in [7, 11) is 1.32. The second-order valence-corrected chi connectivity index (χ2v) is 9.02. The van der Waals surface area contributed by atoms with Crippen LogP contribution in [0.1, 0.15) is 35.2 Å². The Hall–Kier alpha value is -3.48. The average molecular weight is 494 g/mol. The molecule has 3 rings (SSSR count). The molecule has 174 valence electrons. The first kappa shape index (κ1) is 25.1. The number of thioether (sulfide) groups is 1. The number of nitrogens with zero attached hydrogens (tertiary/aromatic N) is 3. The summed E-state index contributed by atoms with van der Waals surface area (Å²) < 4.78 is 5.13. The summed E-state index contributed by atoms with van der Waals surface area (Å²) in [5, 5.41) is 8.93. The minimum absolute atomic E-state index is 0.104. The molecule has 9 heteroatoms. The van der Waals surface area contributed by atoms with Gasteiger partial charge >= 0.3 is 5.97 Å². The molecule has 7 nitrogen and oxygen atoms in total. The van der Waals surface area contributed by atoms with Gasteiger partial charge in [0.05, 0.1) is 30.1 Å². The average Bonchev–Trinajstić information content (AvgIpc) is 3.12. The van der Waals surface area contributed by atoms with Crippen LogP contribution in [0.15, 0.2) is 59.5 Å². The minimum Gasteiger partial charge on any atom is -0.465 e. The first-order valence-corrected chi connectivity index (χ1v) is 11.8. The van der Waals surface area contributed by atoms with E-state index in [-0.39, 0.29) is 24.7 Å². The van der Waals surface area contributed by atoms with Crippen LogP contribution in [-0.4, -0.2) is 47.2 Å². The monoisotopic (exact) mass is 493 g/mol. The molecular formula is C25H23N3O4S2. The van der Waals surface area contributed by atoms with Gasteiger partial charge in [-0.15, -0.1) is 0 Å². The Morgan fingerprint density at radius 2 is 1.88 bits per heavy atom. The Kier molecular flexibility index (Phi) is 8.96. The molecule has 0 unspecified atom stereocenters. The largest absolute Gasteiger partial charge is 0.465 e. The maximum Gasteiger partial charge on any atom is 0.337 e. The number of hydrogen-bond acceptors (Lipinski definition) is 7. The number of ether oxygens (including phenoxy) is 1. The highest BCUT2D eigenvalue weighted by Crippen LogP contribution is 2.32. The summed E-state index contributed by atoms with van der Waals surface area (Å²) in [4.78, 5) is 40.8. The molecule has 1 aliphatic rings. The lowest BCUT2D eigenvalue weighted by Gasteiger charge is -2.22. The predicted octanol–water partition coefficient (Wildman–Crippen LogP) is 4.40. The lowest BCUT2D eigenvalue weighted by Crippen LogP contribution is -2.33. The van der Waals surface area contributed by atoms with Crippen LogP contribution in [0.25, 0.3) is 6.08 Å². The van der Waals surface area contributed by atoms with Gasteiger partial charge in [0.15, 0.2) is 0 Å². The Balaban J connectivity index is 1.60. The van der Waals surface area contributed by atoms with E-state index in [1.807, 2.05) is 30.3 Å². The molecule has 0 bridgehead atoms. The fourth-order valence-electron chi connectivity index (χ4n) is 3.37. The van der Waals surface area contributed by atoms with Crippen molar-refractivity contribution in [1.82, 2.24) is 4.90 Å². The lowest BCUT2D eigenvalue weighted by atomic mass is 10.1. The summed E-state index contributed by atoms with van der Waals surface area (Å²) in [6.45, 7) is 0.647. The van der Waals surface area contributed by atoms with Crippen molar-refractivity contribution in [2.75, 3.05) is 25.1 Å². The van der Waals surface area contributed by atoms with E-state index in [0.717, 1.165) is 11.3 Å². The first-order valence-electron chi connectivity index (χ1n) is 10.6. The summed E-state index contributed by atoms with van der Waals surface area (Å²) in [6, 6.07) is 18.0. The van der Waals surface area contributed by atoms with E-state index in [1.165, 1.54) is 23.8 Å². The number of para-hydroxylation sites is 1. The van der Waals surface area contributed by atoms with Gasteiger partial charge in [-0.25, -0.2) is 4.79 Å². The van der Waals surface area contributed by atoms with Crippen molar-refractivity contribution in [3.05, 3.63) is 70.6 Å². The molecule has 2 aromatic rings. The zero-order valence-corrected chi connectivity index (χ0v) is 20.2. The molecule has 2 amide bonds. The Morgan fingerprint density at radius 1 is 1.18 bits per heavy atom. The molecule has 34 heavy (non-hydrogen) atoms. The summed E-state index contributed by atoms with van der Waals surface area (Å²) in [6.07, 6.45) is 2.64. The maximum absolute atomic E-state index is 12.9. The van der Waals surface area contributed by atoms with E-state index < -0.39 is 5.97 Å². The standard InChI is InChI=1S/C25H23N3O4S2/c1-32-24(31)19-12-10-18(11-13-19)17-21-23(30)28(25(33)34-21)15-5-9-22(29)27(16-6-14-26)20-7-3-2-4-8-20/h2-4,7-8,10-13,17H,5-6,9,15-16H2,1H3/b21-17-. The molecule has 1 fully saturated rings. The number of thiocarbonyl (C=S) groups is 1. The molecule has 0 aromatic heterocycles. The van der Waals surface area contributed by atoms with E-state index in [1.54, 1.807) is 35.2 Å². The number of amides is 2. The third-order valence-corrected chi connectivity index (χ3v) is 6.47. The molecule has 0 atom stereocenters. The first-order chi connectivity index (χ1) is 16.4. The van der Waals surface area contributed by atoms with Crippen LogP contribution in [0, 0.1) is 11.3 Å². The third kappa shape index (κ3) is 6.31. The highest BCUT2D eigenvalue weighted by molar-refractivity contribution is 8.26. The van der Waals surface area contributed by atoms with Crippen LogP contribution in [0.2, 0.25) is 0 Å². The number of carbonyl (C=O) groups is 3. The lowest BCUT2D eigenvalue weighted by molar-refractivity contribution is -0.123. The van der Waals surface area contributed by atoms with Gasteiger partial charge in [0.2, 0.25) is 5.91 Å². The van der Waals surface area contributed by atoms with Gasteiger partial charge in [-0.05, 0) is 42.3 Å². The second-order valence-electron chi connectivity index (χ2n) is 7.34. The van der Waals surface area contributed by atoms with Gasteiger partial charge in [-0.3, -0.25) is 14.5 Å². The number of anilines is 1. The molecule has 0 spiro atoms. The van der Waals surface area contributed by atoms with Crippen LogP contribution in [0.3, 0.4) is 0 Å². The zero-order valence-electron chi connectivity index (χ0n) is 18.6. The smallest absolute Gasteiger partial charge is 0.337 e. The molecular weight excluding hydrogens is 470 g/mol. The quantitative estimate of drug-likeness (QED) is 0.290. The number of methoxy groups -OCH3 is 1. The second kappa shape index (κ2) is 12.1. The number of hydrogen-bond donors (Lipinski definition) is 0. The van der Waals surface area contributed by atoms with Gasteiger partial charge in [-0.2, -0.15) is 5.26 Å². The molecule has 1 saturated heterocycles. The topological polar surface area (TPSA) is 90.7 Å². The highest BCUT2D eigenvalue weighted by Gasteiger charge is 2.31. The Labute approximate surface area is 208 Å². The Morgan fingerprint density at radius 3 is 2.53 bits per heavy atom. The number of benzene rings is 2. The summed E-state index contributed by atoms with van der Waals surface area (Å²) >= 11 is 6.59. The zero-order chi connectivity index (χ0) is 24.5. The van der Waals surface area contributed by atoms with Crippen LogP contribution < -0.4 is 4.90 Å². The number of carbonyl (C=O) groups excluding carboxylic acids is 3. The normalized spacial score (nSPS) is 14.2. The van der Waals surface area contributed by atoms with Gasteiger partial charge < -0.3 is 9.64 Å².